The number of hydrogen-bond donors (Lipinski definition) is 2. The van der Waals surface area contributed by atoms with E-state index in [1.54, 1.807) is 12.1 Å². The molecule has 1 rings (SSSR count). The number of nitrogens with two attached hydrogens (primary N) is 1. The van der Waals surface area contributed by atoms with Crippen LogP contribution in [0.1, 0.15) is 39.0 Å². The number of hydrogen-bond acceptors (Lipinski definition) is 4. The topological polar surface area (TPSA) is 88.1 Å². The summed E-state index contributed by atoms with van der Waals surface area (Å²) in [5.74, 6) is 0.498. The fourth-order valence-corrected chi connectivity index (χ4v) is 1.79. The van der Waals surface area contributed by atoms with Gasteiger partial charge in [-0.05, 0) is 25.0 Å². The molecule has 114 valence electrons. The lowest BCUT2D eigenvalue weighted by Crippen LogP contribution is -2.35. The molecule has 21 heavy (non-hydrogen) atoms. The Balaban J connectivity index is 2.48. The van der Waals surface area contributed by atoms with E-state index in [-0.39, 0.29) is 5.91 Å². The minimum atomic E-state index is -0.481. The number of unbranched alkanes of at least 4 members (excludes halogenated alkanes) is 2. The average Bonchev–Trinajstić information content (AvgIpc) is 2.49. The molecule has 1 aromatic carbocycles. The van der Waals surface area contributed by atoms with Crippen LogP contribution in [0.15, 0.2) is 24.3 Å². The SMILES string of the molecule is CCCCC(N)C(=O)Nc1cccc(OCCCC#N)c1. The molecule has 0 radical (unpaired) electrons. The van der Waals surface area contributed by atoms with Crippen molar-refractivity contribution in [3.63, 3.8) is 0 Å². The summed E-state index contributed by atoms with van der Waals surface area (Å²) in [6.07, 6.45) is 3.81. The van der Waals surface area contributed by atoms with Crippen LogP contribution in [0.4, 0.5) is 5.69 Å². The van der Waals surface area contributed by atoms with E-state index < -0.39 is 6.04 Å². The van der Waals surface area contributed by atoms with Crippen molar-refractivity contribution < 1.29 is 9.53 Å². The molecule has 1 unspecified atom stereocenters. The van der Waals surface area contributed by atoms with Gasteiger partial charge in [0.25, 0.3) is 0 Å². The lowest BCUT2D eigenvalue weighted by atomic mass is 10.1. The van der Waals surface area contributed by atoms with Gasteiger partial charge in [-0.1, -0.05) is 25.8 Å². The first kappa shape index (κ1) is 17.0. The highest BCUT2D eigenvalue weighted by Gasteiger charge is 2.12. The molecule has 5 nitrogen and oxygen atoms in total. The Hall–Kier alpha value is -2.06. The molecule has 1 amide bonds. The Labute approximate surface area is 126 Å². The van der Waals surface area contributed by atoms with Crippen molar-refractivity contribution in [3.05, 3.63) is 24.3 Å². The van der Waals surface area contributed by atoms with Crippen molar-refractivity contribution in [3.8, 4) is 11.8 Å². The Morgan fingerprint density at radius 3 is 3.00 bits per heavy atom. The number of carbonyl (C=O) groups is 1. The largest absolute Gasteiger partial charge is 0.493 e. The monoisotopic (exact) mass is 289 g/mol. The lowest BCUT2D eigenvalue weighted by molar-refractivity contribution is -0.117. The van der Waals surface area contributed by atoms with Crippen LogP contribution in [-0.2, 0) is 4.79 Å². The van der Waals surface area contributed by atoms with Gasteiger partial charge in [-0.2, -0.15) is 5.26 Å². The molecule has 0 spiro atoms. The van der Waals surface area contributed by atoms with Crippen molar-refractivity contribution in [2.45, 2.75) is 45.1 Å². The van der Waals surface area contributed by atoms with Gasteiger partial charge in [0.05, 0.1) is 18.7 Å². The lowest BCUT2D eigenvalue weighted by Gasteiger charge is -2.12. The summed E-state index contributed by atoms with van der Waals surface area (Å²) in [4.78, 5) is 11.9. The Morgan fingerprint density at radius 2 is 2.29 bits per heavy atom. The highest BCUT2D eigenvalue weighted by atomic mass is 16.5. The summed E-state index contributed by atoms with van der Waals surface area (Å²) in [6, 6.07) is 8.78. The van der Waals surface area contributed by atoms with Gasteiger partial charge < -0.3 is 15.8 Å². The van der Waals surface area contributed by atoms with Gasteiger partial charge in [-0.15, -0.1) is 0 Å². The average molecular weight is 289 g/mol. The Kier molecular flexibility index (Phi) is 7.92. The van der Waals surface area contributed by atoms with Gasteiger partial charge >= 0.3 is 0 Å². The second-order valence-corrected chi connectivity index (χ2v) is 4.88. The first-order valence-corrected chi connectivity index (χ1v) is 7.33. The number of nitrogens with one attached hydrogen (secondary N) is 1. The molecule has 0 heterocycles. The molecule has 0 aliphatic heterocycles. The van der Waals surface area contributed by atoms with Gasteiger partial charge in [0.1, 0.15) is 5.75 Å². The van der Waals surface area contributed by atoms with Gasteiger partial charge in [0.15, 0.2) is 0 Å². The number of carbonyl (C=O) groups excluding carboxylic acids is 1. The number of nitrogens with zero attached hydrogens (tertiary/aromatic N) is 1. The first-order valence-electron chi connectivity index (χ1n) is 7.33. The molecule has 1 aromatic rings. The minimum Gasteiger partial charge on any atom is -0.493 e. The van der Waals surface area contributed by atoms with E-state index in [0.29, 0.717) is 37.3 Å². The third-order valence-corrected chi connectivity index (χ3v) is 3.01. The predicted molar refractivity (Wildman–Crippen MR) is 82.9 cm³/mol. The van der Waals surface area contributed by atoms with Crippen molar-refractivity contribution in [2.24, 2.45) is 5.73 Å². The summed E-state index contributed by atoms with van der Waals surface area (Å²) >= 11 is 0. The summed E-state index contributed by atoms with van der Waals surface area (Å²) < 4.78 is 5.52. The molecular weight excluding hydrogens is 266 g/mol. The molecule has 5 heteroatoms. The van der Waals surface area contributed by atoms with Crippen LogP contribution in [-0.4, -0.2) is 18.6 Å². The molecular formula is C16H23N3O2. The molecule has 1 atom stereocenters. The maximum absolute atomic E-state index is 11.9. The maximum Gasteiger partial charge on any atom is 0.241 e. The van der Waals surface area contributed by atoms with Crippen molar-refractivity contribution in [1.82, 2.24) is 0 Å². The summed E-state index contributed by atoms with van der Waals surface area (Å²) in [7, 11) is 0. The second-order valence-electron chi connectivity index (χ2n) is 4.88. The summed E-state index contributed by atoms with van der Waals surface area (Å²) in [6.45, 7) is 2.55. The van der Waals surface area contributed by atoms with Crippen LogP contribution in [0.25, 0.3) is 0 Å². The van der Waals surface area contributed by atoms with Crippen LogP contribution < -0.4 is 15.8 Å². The van der Waals surface area contributed by atoms with E-state index in [1.165, 1.54) is 0 Å². The summed E-state index contributed by atoms with van der Waals surface area (Å²) in [5.41, 5.74) is 6.50. The Morgan fingerprint density at radius 1 is 1.48 bits per heavy atom. The van der Waals surface area contributed by atoms with Crippen molar-refractivity contribution in [1.29, 1.82) is 5.26 Å². The zero-order valence-corrected chi connectivity index (χ0v) is 12.5. The summed E-state index contributed by atoms with van der Waals surface area (Å²) in [5, 5.41) is 11.3. The van der Waals surface area contributed by atoms with Crippen LogP contribution >= 0.6 is 0 Å². The van der Waals surface area contributed by atoms with Gasteiger partial charge in [0, 0.05) is 18.2 Å². The number of benzene rings is 1. The maximum atomic E-state index is 11.9. The molecule has 0 aliphatic rings. The number of ether oxygens (including phenoxy) is 1. The molecule has 0 aromatic heterocycles. The molecule has 3 N–H and O–H groups in total. The highest BCUT2D eigenvalue weighted by molar-refractivity contribution is 5.94. The van der Waals surface area contributed by atoms with Gasteiger partial charge in [0.2, 0.25) is 5.91 Å². The first-order chi connectivity index (χ1) is 10.2. The van der Waals surface area contributed by atoms with E-state index >= 15 is 0 Å². The Bertz CT molecular complexity index is 483. The number of amides is 1. The van der Waals surface area contributed by atoms with Crippen LogP contribution in [0.5, 0.6) is 5.75 Å². The highest BCUT2D eigenvalue weighted by Crippen LogP contribution is 2.18. The van der Waals surface area contributed by atoms with Crippen LogP contribution in [0.3, 0.4) is 0 Å². The van der Waals surface area contributed by atoms with Crippen molar-refractivity contribution >= 4 is 11.6 Å². The minimum absolute atomic E-state index is 0.176. The van der Waals surface area contributed by atoms with E-state index in [9.17, 15) is 4.79 Å². The van der Waals surface area contributed by atoms with Crippen LogP contribution in [0, 0.1) is 11.3 Å². The van der Waals surface area contributed by atoms with E-state index in [0.717, 1.165) is 12.8 Å². The van der Waals surface area contributed by atoms with Gasteiger partial charge in [-0.25, -0.2) is 0 Å². The molecule has 0 saturated heterocycles. The van der Waals surface area contributed by atoms with E-state index in [1.807, 2.05) is 12.1 Å². The van der Waals surface area contributed by atoms with E-state index in [4.69, 9.17) is 15.7 Å². The normalized spacial score (nSPS) is 11.5. The third kappa shape index (κ3) is 6.77. The fraction of sp³-hybridized carbons (Fsp3) is 0.500. The second kappa shape index (κ2) is 9.78. The standard InChI is InChI=1S/C16H23N3O2/c1-2-3-9-15(18)16(20)19-13-7-6-8-14(12-13)21-11-5-4-10-17/h6-8,12,15H,2-5,9,11,18H2,1H3,(H,19,20). The predicted octanol–water partition coefficient (Wildman–Crippen LogP) is 2.83. The third-order valence-electron chi connectivity index (χ3n) is 3.01. The molecule has 0 saturated carbocycles. The number of nitriles is 1. The van der Waals surface area contributed by atoms with Crippen molar-refractivity contribution in [2.75, 3.05) is 11.9 Å². The van der Waals surface area contributed by atoms with Crippen LogP contribution in [0.2, 0.25) is 0 Å². The zero-order chi connectivity index (χ0) is 15.5. The molecule has 0 fully saturated rings. The quantitative estimate of drug-likeness (QED) is 0.684. The molecule has 0 bridgehead atoms. The van der Waals surface area contributed by atoms with E-state index in [2.05, 4.69) is 18.3 Å². The molecule has 0 aliphatic carbocycles. The fourth-order valence-electron chi connectivity index (χ4n) is 1.79. The smallest absolute Gasteiger partial charge is 0.241 e. The number of rotatable bonds is 9. The zero-order valence-electron chi connectivity index (χ0n) is 12.5. The van der Waals surface area contributed by atoms with Gasteiger partial charge in [-0.3, -0.25) is 4.79 Å². The number of anilines is 1.